The number of sulfone groups is 1. The highest BCUT2D eigenvalue weighted by Crippen LogP contribution is 2.27. The number of nitrogens with zero attached hydrogens (tertiary/aromatic N) is 5. The van der Waals surface area contributed by atoms with Crippen LogP contribution in [0.25, 0.3) is 10.9 Å². The maximum absolute atomic E-state index is 11.2. The summed E-state index contributed by atoms with van der Waals surface area (Å²) in [5, 5.41) is 5.90. The molecule has 0 amide bonds. The van der Waals surface area contributed by atoms with Crippen LogP contribution in [0.1, 0.15) is 11.3 Å². The van der Waals surface area contributed by atoms with Crippen LogP contribution in [-0.2, 0) is 16.9 Å². The van der Waals surface area contributed by atoms with E-state index in [4.69, 9.17) is 17.3 Å². The number of hydrogen-bond donors (Lipinski definition) is 1. The van der Waals surface area contributed by atoms with E-state index in [-0.39, 0.29) is 5.28 Å². The van der Waals surface area contributed by atoms with Gasteiger partial charge in [-0.25, -0.2) is 18.4 Å². The summed E-state index contributed by atoms with van der Waals surface area (Å²) in [6, 6.07) is 12.8. The van der Waals surface area contributed by atoms with Gasteiger partial charge in [0.15, 0.2) is 9.84 Å². The fraction of sp³-hybridized carbons (Fsp3) is 0.227. The summed E-state index contributed by atoms with van der Waals surface area (Å²) < 4.78 is 24.2. The largest absolute Gasteiger partial charge is 0.399 e. The first kappa shape index (κ1) is 23.5. The van der Waals surface area contributed by atoms with Gasteiger partial charge in [0, 0.05) is 49.0 Å². The molecule has 32 heavy (non-hydrogen) atoms. The normalized spacial score (nSPS) is 11.2. The Hall–Kier alpha value is -3.17. The van der Waals surface area contributed by atoms with Crippen molar-refractivity contribution in [2.45, 2.75) is 18.7 Å². The van der Waals surface area contributed by atoms with Crippen molar-refractivity contribution in [2.75, 3.05) is 23.9 Å². The van der Waals surface area contributed by atoms with E-state index in [9.17, 15) is 8.42 Å². The van der Waals surface area contributed by atoms with E-state index >= 15 is 0 Å². The Morgan fingerprint density at radius 1 is 1.09 bits per heavy atom. The second kappa shape index (κ2) is 9.13. The van der Waals surface area contributed by atoms with Crippen LogP contribution in [0.15, 0.2) is 53.6 Å². The molecule has 0 aliphatic heterocycles. The third-order valence-electron chi connectivity index (χ3n) is 5.07. The van der Waals surface area contributed by atoms with Crippen LogP contribution in [0.3, 0.4) is 0 Å². The predicted molar refractivity (Wildman–Crippen MR) is 129 cm³/mol. The van der Waals surface area contributed by atoms with E-state index < -0.39 is 9.84 Å². The number of anilines is 3. The average Bonchev–Trinajstić information content (AvgIpc) is 3.02. The van der Waals surface area contributed by atoms with Crippen molar-refractivity contribution >= 4 is 49.5 Å². The molecule has 0 aliphatic rings. The maximum Gasteiger partial charge on any atom is 0.224 e. The summed E-state index contributed by atoms with van der Waals surface area (Å²) in [6.07, 6.45) is 2.82. The zero-order valence-electron chi connectivity index (χ0n) is 18.5. The van der Waals surface area contributed by atoms with Gasteiger partial charge >= 0.3 is 0 Å². The number of hydrogen-bond acceptors (Lipinski definition) is 7. The average molecular weight is 473 g/mol. The molecule has 10 heteroatoms. The van der Waals surface area contributed by atoms with Crippen molar-refractivity contribution in [3.05, 3.63) is 65.2 Å². The summed E-state index contributed by atoms with van der Waals surface area (Å²) in [5.74, 6) is 0.747. The van der Waals surface area contributed by atoms with Gasteiger partial charge in [-0.15, -0.1) is 0 Å². The molecule has 0 unspecified atom stereocenters. The third-order valence-corrected chi connectivity index (χ3v) is 6.49. The van der Waals surface area contributed by atoms with Gasteiger partial charge in [-0.1, -0.05) is 6.07 Å². The lowest BCUT2D eigenvalue weighted by molar-refractivity contribution is 0.601. The molecular weight excluding hydrogens is 448 g/mol. The highest BCUT2D eigenvalue weighted by Gasteiger charge is 2.11. The lowest BCUT2D eigenvalue weighted by Gasteiger charge is -2.18. The molecule has 4 rings (SSSR count). The second-order valence-electron chi connectivity index (χ2n) is 7.45. The molecule has 4 aromatic rings. The zero-order valence-corrected chi connectivity index (χ0v) is 20.1. The number of nitrogens with two attached hydrogens (primary N) is 1. The summed E-state index contributed by atoms with van der Waals surface area (Å²) in [6.45, 7) is 3.80. The Labute approximate surface area is 192 Å². The molecule has 8 nitrogen and oxygen atoms in total. The first-order valence-corrected chi connectivity index (χ1v) is 12.0. The number of nitrogen functional groups attached to an aromatic ring is 1. The number of aromatic nitrogens is 4. The first-order valence-electron chi connectivity index (χ1n) is 9.69. The Morgan fingerprint density at radius 2 is 1.81 bits per heavy atom. The lowest BCUT2D eigenvalue weighted by atomic mass is 10.2. The van der Waals surface area contributed by atoms with Crippen LogP contribution in [0.5, 0.6) is 0 Å². The van der Waals surface area contributed by atoms with Crippen molar-refractivity contribution in [2.24, 2.45) is 7.05 Å². The minimum Gasteiger partial charge on any atom is -0.399 e. The molecule has 0 fully saturated rings. The minimum atomic E-state index is -3.14. The standard InChI is InChI=1S/C14H14ClN5.C8H11NO2S/c1-9-11-5-4-10(8-12(11)18-20(9)3)19(2)13-6-7-16-14(15)17-13;1-6-3-4-7(9)5-8(6)12(2,10)11/h4-8H,1-3H3;3-5H,9H2,1-2H3. The van der Waals surface area contributed by atoms with Crippen LogP contribution < -0.4 is 10.6 Å². The van der Waals surface area contributed by atoms with E-state index in [0.29, 0.717) is 10.6 Å². The van der Waals surface area contributed by atoms with E-state index in [1.165, 1.54) is 12.3 Å². The van der Waals surface area contributed by atoms with Gasteiger partial charge in [0.25, 0.3) is 0 Å². The number of benzene rings is 2. The highest BCUT2D eigenvalue weighted by atomic mass is 35.5. The maximum atomic E-state index is 11.2. The van der Waals surface area contributed by atoms with Crippen molar-refractivity contribution < 1.29 is 8.42 Å². The van der Waals surface area contributed by atoms with Gasteiger partial charge in [0.1, 0.15) is 5.82 Å². The molecule has 2 aromatic heterocycles. The van der Waals surface area contributed by atoms with Crippen molar-refractivity contribution in [3.8, 4) is 0 Å². The molecule has 0 aliphatic carbocycles. The Bertz CT molecular complexity index is 1380. The third kappa shape index (κ3) is 5.17. The number of aryl methyl sites for hydroxylation is 3. The van der Waals surface area contributed by atoms with Crippen molar-refractivity contribution in [3.63, 3.8) is 0 Å². The van der Waals surface area contributed by atoms with Gasteiger partial charge in [-0.3, -0.25) is 4.68 Å². The van der Waals surface area contributed by atoms with Crippen molar-refractivity contribution in [1.82, 2.24) is 19.7 Å². The second-order valence-corrected chi connectivity index (χ2v) is 9.77. The highest BCUT2D eigenvalue weighted by molar-refractivity contribution is 7.90. The topological polar surface area (TPSA) is 107 Å². The monoisotopic (exact) mass is 472 g/mol. The van der Waals surface area contributed by atoms with Crippen molar-refractivity contribution in [1.29, 1.82) is 0 Å². The molecule has 0 atom stereocenters. The molecule has 2 aromatic carbocycles. The Balaban J connectivity index is 0.000000207. The van der Waals surface area contributed by atoms with Crippen LogP contribution in [-0.4, -0.2) is 41.5 Å². The summed E-state index contributed by atoms with van der Waals surface area (Å²) in [7, 11) is 0.751. The molecular formula is C22H25ClN6O2S. The lowest BCUT2D eigenvalue weighted by Crippen LogP contribution is -2.11. The number of fused-ring (bicyclic) bond motifs is 1. The summed E-state index contributed by atoms with van der Waals surface area (Å²) >= 11 is 5.83. The van der Waals surface area contributed by atoms with Crippen LogP contribution in [0.2, 0.25) is 5.28 Å². The van der Waals surface area contributed by atoms with E-state index in [1.54, 1.807) is 25.3 Å². The quantitative estimate of drug-likeness (QED) is 0.353. The molecule has 0 saturated heterocycles. The summed E-state index contributed by atoms with van der Waals surface area (Å²) in [4.78, 5) is 10.4. The number of halogens is 1. The van der Waals surface area contributed by atoms with Gasteiger partial charge in [0.05, 0.1) is 10.4 Å². The number of rotatable bonds is 3. The molecule has 2 heterocycles. The smallest absolute Gasteiger partial charge is 0.224 e. The Morgan fingerprint density at radius 3 is 2.44 bits per heavy atom. The molecule has 0 radical (unpaired) electrons. The van der Waals surface area contributed by atoms with E-state index in [0.717, 1.165) is 33.7 Å². The van der Waals surface area contributed by atoms with Crippen LogP contribution >= 0.6 is 11.6 Å². The Kier molecular flexibility index (Phi) is 6.71. The van der Waals surface area contributed by atoms with Gasteiger partial charge in [0.2, 0.25) is 5.28 Å². The van der Waals surface area contributed by atoms with Crippen LogP contribution in [0.4, 0.5) is 17.2 Å². The molecule has 0 bridgehead atoms. The first-order chi connectivity index (χ1) is 15.0. The molecule has 168 valence electrons. The van der Waals surface area contributed by atoms with Gasteiger partial charge in [-0.05, 0) is 67.4 Å². The molecule has 0 saturated carbocycles. The zero-order chi connectivity index (χ0) is 23.6. The minimum absolute atomic E-state index is 0.240. The van der Waals surface area contributed by atoms with Gasteiger partial charge < -0.3 is 10.6 Å². The van der Waals surface area contributed by atoms with E-state index in [2.05, 4.69) is 28.1 Å². The molecule has 0 spiro atoms. The fourth-order valence-electron chi connectivity index (χ4n) is 3.19. The molecule has 2 N–H and O–H groups in total. The van der Waals surface area contributed by atoms with E-state index in [1.807, 2.05) is 41.9 Å². The summed E-state index contributed by atoms with van der Waals surface area (Å²) in [5.41, 5.74) is 9.79. The predicted octanol–water partition coefficient (Wildman–Crippen LogP) is 4.07. The SMILES string of the molecule is Cc1c2ccc(N(C)c3ccnc(Cl)n3)cc2nn1C.Cc1ccc(N)cc1S(C)(=O)=O. The van der Waals surface area contributed by atoms with Crippen LogP contribution in [0, 0.1) is 13.8 Å². The fourth-order valence-corrected chi connectivity index (χ4v) is 4.34. The van der Waals surface area contributed by atoms with Gasteiger partial charge in [-0.2, -0.15) is 5.10 Å².